The highest BCUT2D eigenvalue weighted by molar-refractivity contribution is 5.03. The minimum Gasteiger partial charge on any atom is -0.391 e. The summed E-state index contributed by atoms with van der Waals surface area (Å²) in [5, 5.41) is 33.7. The number of piperidine rings is 1. The van der Waals surface area contributed by atoms with Gasteiger partial charge in [-0.05, 0) is 19.4 Å². The number of nitrogens with one attached hydrogen (secondary N) is 1. The van der Waals surface area contributed by atoms with E-state index in [1.807, 2.05) is 0 Å². The van der Waals surface area contributed by atoms with E-state index in [9.17, 15) is 15.3 Å². The van der Waals surface area contributed by atoms with E-state index in [-0.39, 0.29) is 12.1 Å². The molecule has 0 aliphatic carbocycles. The van der Waals surface area contributed by atoms with E-state index in [1.54, 1.807) is 0 Å². The summed E-state index contributed by atoms with van der Waals surface area (Å²) in [5.74, 6) is 0. The highest BCUT2D eigenvalue weighted by Gasteiger charge is 2.47. The number of hydrogen-bond donors (Lipinski definition) is 4. The van der Waals surface area contributed by atoms with Gasteiger partial charge in [-0.1, -0.05) is 39.0 Å². The zero-order valence-corrected chi connectivity index (χ0v) is 13.2. The predicted octanol–water partition coefficient (Wildman–Crippen LogP) is 0.476. The predicted molar refractivity (Wildman–Crippen MR) is 83.2 cm³/mol. The smallest absolute Gasteiger partial charge is 0.0994 e. The second-order valence-corrected chi connectivity index (χ2v) is 6.65. The van der Waals surface area contributed by atoms with Gasteiger partial charge in [0.15, 0.2) is 0 Å². The molecular weight excluding hydrogens is 268 g/mol. The van der Waals surface area contributed by atoms with Crippen molar-refractivity contribution in [3.63, 3.8) is 0 Å². The molecule has 2 heterocycles. The van der Waals surface area contributed by atoms with E-state index in [0.717, 1.165) is 26.1 Å². The Morgan fingerprint density at radius 1 is 1.00 bits per heavy atom. The molecule has 2 rings (SSSR count). The topological polar surface area (TPSA) is 76.0 Å². The molecule has 0 radical (unpaired) electrons. The van der Waals surface area contributed by atoms with Gasteiger partial charge in [0.25, 0.3) is 0 Å². The summed E-state index contributed by atoms with van der Waals surface area (Å²) >= 11 is 0. The third-order valence-electron chi connectivity index (χ3n) is 5.01. The lowest BCUT2D eigenvalue weighted by Gasteiger charge is -2.43. The first-order valence-corrected chi connectivity index (χ1v) is 8.66. The van der Waals surface area contributed by atoms with Crippen LogP contribution >= 0.6 is 0 Å². The average molecular weight is 300 g/mol. The van der Waals surface area contributed by atoms with E-state index < -0.39 is 18.3 Å². The van der Waals surface area contributed by atoms with Crippen LogP contribution in [0.15, 0.2) is 0 Å². The van der Waals surface area contributed by atoms with Crippen LogP contribution in [0, 0.1) is 0 Å². The second-order valence-electron chi connectivity index (χ2n) is 6.65. The van der Waals surface area contributed by atoms with Crippen LogP contribution in [0.1, 0.15) is 51.9 Å². The summed E-state index contributed by atoms with van der Waals surface area (Å²) in [5.41, 5.74) is 0. The molecule has 5 atom stereocenters. The lowest BCUT2D eigenvalue weighted by Crippen LogP contribution is -2.65. The summed E-state index contributed by atoms with van der Waals surface area (Å²) < 4.78 is 0. The second kappa shape index (κ2) is 8.44. The number of aliphatic hydroxyl groups excluding tert-OH is 3. The fourth-order valence-electron chi connectivity index (χ4n) is 3.70. The molecule has 2 saturated heterocycles. The Hall–Kier alpha value is -0.200. The van der Waals surface area contributed by atoms with Gasteiger partial charge in [-0.25, -0.2) is 0 Å². The molecule has 2 aliphatic heterocycles. The van der Waals surface area contributed by atoms with Crippen LogP contribution < -0.4 is 5.32 Å². The lowest BCUT2D eigenvalue weighted by atomic mass is 9.91. The Morgan fingerprint density at radius 2 is 1.71 bits per heavy atom. The number of hydrogen-bond acceptors (Lipinski definition) is 5. The van der Waals surface area contributed by atoms with E-state index in [2.05, 4.69) is 17.1 Å². The van der Waals surface area contributed by atoms with E-state index in [1.165, 1.54) is 32.1 Å². The lowest BCUT2D eigenvalue weighted by molar-refractivity contribution is -0.101. The largest absolute Gasteiger partial charge is 0.391 e. The first-order valence-electron chi connectivity index (χ1n) is 8.66. The molecule has 0 bridgehead atoms. The van der Waals surface area contributed by atoms with Crippen LogP contribution in [0.5, 0.6) is 0 Å². The Kier molecular flexibility index (Phi) is 6.89. The van der Waals surface area contributed by atoms with Gasteiger partial charge in [0, 0.05) is 19.1 Å². The maximum Gasteiger partial charge on any atom is 0.0994 e. The molecule has 21 heavy (non-hydrogen) atoms. The molecule has 5 heteroatoms. The highest BCUT2D eigenvalue weighted by atomic mass is 16.3. The molecular formula is C16H32N2O3. The first-order chi connectivity index (χ1) is 10.1. The van der Waals surface area contributed by atoms with Crippen molar-refractivity contribution in [2.75, 3.05) is 19.6 Å². The van der Waals surface area contributed by atoms with Crippen molar-refractivity contribution in [1.82, 2.24) is 10.2 Å². The molecule has 124 valence electrons. The molecule has 0 aromatic heterocycles. The number of rotatable bonds is 8. The zero-order valence-electron chi connectivity index (χ0n) is 13.2. The van der Waals surface area contributed by atoms with Crippen molar-refractivity contribution in [1.29, 1.82) is 0 Å². The molecule has 0 aromatic carbocycles. The monoisotopic (exact) mass is 300 g/mol. The third kappa shape index (κ3) is 4.39. The van der Waals surface area contributed by atoms with Gasteiger partial charge in [0.2, 0.25) is 0 Å². The van der Waals surface area contributed by atoms with E-state index in [4.69, 9.17) is 0 Å². The summed E-state index contributed by atoms with van der Waals surface area (Å²) in [6.45, 7) is 4.64. The number of unbranched alkanes of at least 4 members (excludes halogenated alkanes) is 5. The summed E-state index contributed by atoms with van der Waals surface area (Å²) in [4.78, 5) is 2.11. The number of fused-ring (bicyclic) bond motifs is 1. The van der Waals surface area contributed by atoms with Gasteiger partial charge in [-0.3, -0.25) is 4.90 Å². The van der Waals surface area contributed by atoms with Gasteiger partial charge in [-0.15, -0.1) is 0 Å². The SMILES string of the molecule is CCCCCCCCNC1CN2CCC(O)[C@@H]2[C@@H](O)C1O. The van der Waals surface area contributed by atoms with Crippen molar-refractivity contribution in [2.24, 2.45) is 0 Å². The Morgan fingerprint density at radius 3 is 2.48 bits per heavy atom. The maximum absolute atomic E-state index is 10.2. The molecule has 0 aromatic rings. The first kappa shape index (κ1) is 17.2. The minimum absolute atomic E-state index is 0.0859. The summed E-state index contributed by atoms with van der Waals surface area (Å²) in [6, 6.07) is -0.371. The van der Waals surface area contributed by atoms with Gasteiger partial charge in [-0.2, -0.15) is 0 Å². The summed E-state index contributed by atoms with van der Waals surface area (Å²) in [6.07, 6.45) is 6.09. The van der Waals surface area contributed by atoms with Crippen molar-refractivity contribution >= 4 is 0 Å². The molecule has 3 unspecified atom stereocenters. The fourth-order valence-corrected chi connectivity index (χ4v) is 3.70. The van der Waals surface area contributed by atoms with Crippen LogP contribution in [0.25, 0.3) is 0 Å². The molecule has 5 nitrogen and oxygen atoms in total. The fraction of sp³-hybridized carbons (Fsp3) is 1.00. The van der Waals surface area contributed by atoms with Crippen LogP contribution in [0.4, 0.5) is 0 Å². The van der Waals surface area contributed by atoms with Gasteiger partial charge < -0.3 is 20.6 Å². The third-order valence-corrected chi connectivity index (χ3v) is 5.01. The van der Waals surface area contributed by atoms with Crippen molar-refractivity contribution in [2.45, 2.75) is 82.3 Å². The van der Waals surface area contributed by atoms with Gasteiger partial charge in [0.1, 0.15) is 0 Å². The molecule has 2 fully saturated rings. The van der Waals surface area contributed by atoms with Gasteiger partial charge >= 0.3 is 0 Å². The van der Waals surface area contributed by atoms with Gasteiger partial charge in [0.05, 0.1) is 24.4 Å². The Bertz CT molecular complexity index is 303. The van der Waals surface area contributed by atoms with Crippen LogP contribution in [-0.2, 0) is 0 Å². The number of nitrogens with zero attached hydrogens (tertiary/aromatic N) is 1. The summed E-state index contributed by atoms with van der Waals surface area (Å²) in [7, 11) is 0. The normalized spacial score (nSPS) is 36.9. The Balaban J connectivity index is 1.67. The minimum atomic E-state index is -0.849. The van der Waals surface area contributed by atoms with Crippen molar-refractivity contribution in [3.05, 3.63) is 0 Å². The zero-order chi connectivity index (χ0) is 15.2. The molecule has 0 saturated carbocycles. The Labute approximate surface area is 128 Å². The van der Waals surface area contributed by atoms with Crippen molar-refractivity contribution in [3.8, 4) is 0 Å². The maximum atomic E-state index is 10.2. The number of aliphatic hydroxyl groups is 3. The van der Waals surface area contributed by atoms with Crippen molar-refractivity contribution < 1.29 is 15.3 Å². The quantitative estimate of drug-likeness (QED) is 0.491. The van der Waals surface area contributed by atoms with E-state index in [0.29, 0.717) is 6.42 Å². The van der Waals surface area contributed by atoms with E-state index >= 15 is 0 Å². The van der Waals surface area contributed by atoms with Crippen LogP contribution in [-0.4, -0.2) is 70.2 Å². The molecule has 4 N–H and O–H groups in total. The standard InChI is InChI=1S/C16H32N2O3/c1-2-3-4-5-6-7-9-17-12-11-18-10-8-13(19)14(18)16(21)15(12)20/h12-17,19-21H,2-11H2,1H3/t12?,13?,14-,15?,16-/m1/s1. The van der Waals surface area contributed by atoms with Crippen LogP contribution in [0.2, 0.25) is 0 Å². The molecule has 0 amide bonds. The van der Waals surface area contributed by atoms with Crippen LogP contribution in [0.3, 0.4) is 0 Å². The highest BCUT2D eigenvalue weighted by Crippen LogP contribution is 2.28. The molecule has 0 spiro atoms. The molecule has 2 aliphatic rings. The average Bonchev–Trinajstić information content (AvgIpc) is 2.84.